The first-order valence-electron chi connectivity index (χ1n) is 7.63. The van der Waals surface area contributed by atoms with Crippen molar-refractivity contribution in [1.82, 2.24) is 25.0 Å². The topological polar surface area (TPSA) is 112 Å². The number of rotatable bonds is 3. The lowest BCUT2D eigenvalue weighted by molar-refractivity contribution is -0.130. The van der Waals surface area contributed by atoms with Gasteiger partial charge in [-0.25, -0.2) is 9.97 Å². The molecule has 0 aliphatic carbocycles. The van der Waals surface area contributed by atoms with Crippen LogP contribution in [-0.4, -0.2) is 57.1 Å². The average Bonchev–Trinajstić information content (AvgIpc) is 2.99. The Morgan fingerprint density at radius 2 is 2.00 bits per heavy atom. The lowest BCUT2D eigenvalue weighted by Crippen LogP contribution is -2.49. The first-order chi connectivity index (χ1) is 11.5. The monoisotopic (exact) mass is 327 g/mol. The second-order valence-electron chi connectivity index (χ2n) is 5.58. The van der Waals surface area contributed by atoms with Crippen LogP contribution in [-0.2, 0) is 11.2 Å². The molecule has 0 saturated carbocycles. The SMILES string of the molecule is Cc1cc(C#N)nc(N2CCN(C(=O)Cc3noc(C)n3)CC2)n1. The number of anilines is 1. The van der Waals surface area contributed by atoms with Crippen molar-refractivity contribution in [2.75, 3.05) is 31.1 Å². The molecule has 1 fully saturated rings. The molecule has 0 aromatic carbocycles. The van der Waals surface area contributed by atoms with Gasteiger partial charge in [-0.3, -0.25) is 4.79 Å². The fraction of sp³-hybridized carbons (Fsp3) is 0.467. The second kappa shape index (κ2) is 6.62. The number of nitriles is 1. The minimum Gasteiger partial charge on any atom is -0.340 e. The maximum absolute atomic E-state index is 12.3. The smallest absolute Gasteiger partial charge is 0.230 e. The van der Waals surface area contributed by atoms with Gasteiger partial charge >= 0.3 is 0 Å². The van der Waals surface area contributed by atoms with Gasteiger partial charge in [-0.1, -0.05) is 5.16 Å². The summed E-state index contributed by atoms with van der Waals surface area (Å²) in [6.07, 6.45) is 0.136. The fourth-order valence-corrected chi connectivity index (χ4v) is 2.57. The standard InChI is InChI=1S/C15H17N7O2/c1-10-7-12(9-16)19-15(17-10)22-5-3-21(4-6-22)14(23)8-13-18-11(2)24-20-13/h7H,3-6,8H2,1-2H3. The van der Waals surface area contributed by atoms with Gasteiger partial charge in [0.15, 0.2) is 5.82 Å². The zero-order chi connectivity index (χ0) is 17.1. The fourth-order valence-electron chi connectivity index (χ4n) is 2.57. The summed E-state index contributed by atoms with van der Waals surface area (Å²) in [7, 11) is 0. The van der Waals surface area contributed by atoms with Crippen molar-refractivity contribution in [3.63, 3.8) is 0 Å². The number of amides is 1. The maximum Gasteiger partial charge on any atom is 0.230 e. The molecule has 1 aliphatic rings. The number of nitrogens with zero attached hydrogens (tertiary/aromatic N) is 7. The zero-order valence-electron chi connectivity index (χ0n) is 13.6. The number of aromatic nitrogens is 4. The molecule has 24 heavy (non-hydrogen) atoms. The molecule has 0 radical (unpaired) electrons. The lowest BCUT2D eigenvalue weighted by Gasteiger charge is -2.34. The Bertz CT molecular complexity index is 787. The van der Waals surface area contributed by atoms with Crippen molar-refractivity contribution in [3.05, 3.63) is 29.2 Å². The Balaban J connectivity index is 1.60. The van der Waals surface area contributed by atoms with Crippen LogP contribution < -0.4 is 4.90 Å². The van der Waals surface area contributed by atoms with Crippen molar-refractivity contribution in [2.24, 2.45) is 0 Å². The molecule has 124 valence electrons. The molecule has 0 spiro atoms. The van der Waals surface area contributed by atoms with E-state index < -0.39 is 0 Å². The highest BCUT2D eigenvalue weighted by Gasteiger charge is 2.24. The number of aryl methyl sites for hydroxylation is 2. The summed E-state index contributed by atoms with van der Waals surface area (Å²) in [6, 6.07) is 3.69. The van der Waals surface area contributed by atoms with Crippen LogP contribution in [0.2, 0.25) is 0 Å². The van der Waals surface area contributed by atoms with Gasteiger partial charge < -0.3 is 14.3 Å². The summed E-state index contributed by atoms with van der Waals surface area (Å²) >= 11 is 0. The van der Waals surface area contributed by atoms with E-state index in [1.54, 1.807) is 17.9 Å². The van der Waals surface area contributed by atoms with Crippen molar-refractivity contribution in [2.45, 2.75) is 20.3 Å². The summed E-state index contributed by atoms with van der Waals surface area (Å²) in [5, 5.41) is 12.8. The molecule has 0 atom stereocenters. The normalized spacial score (nSPS) is 14.5. The van der Waals surface area contributed by atoms with Crippen molar-refractivity contribution >= 4 is 11.9 Å². The van der Waals surface area contributed by atoms with Crippen molar-refractivity contribution < 1.29 is 9.32 Å². The number of hydrogen-bond donors (Lipinski definition) is 0. The Morgan fingerprint density at radius 3 is 2.62 bits per heavy atom. The van der Waals surface area contributed by atoms with Crippen LogP contribution in [0, 0.1) is 25.2 Å². The Hall–Kier alpha value is -3.02. The van der Waals surface area contributed by atoms with Crippen LogP contribution >= 0.6 is 0 Å². The molecule has 9 nitrogen and oxygen atoms in total. The van der Waals surface area contributed by atoms with Gasteiger partial charge in [0.2, 0.25) is 17.7 Å². The molecule has 1 aliphatic heterocycles. The highest BCUT2D eigenvalue weighted by molar-refractivity contribution is 5.78. The third-order valence-electron chi connectivity index (χ3n) is 3.75. The molecule has 2 aromatic heterocycles. The molecule has 2 aromatic rings. The van der Waals surface area contributed by atoms with Gasteiger partial charge in [0.1, 0.15) is 11.8 Å². The van der Waals surface area contributed by atoms with E-state index in [1.165, 1.54) is 0 Å². The predicted octanol–water partition coefficient (Wildman–Crippen LogP) is 0.239. The summed E-state index contributed by atoms with van der Waals surface area (Å²) in [5.74, 6) is 1.36. The van der Waals surface area contributed by atoms with E-state index in [0.717, 1.165) is 5.69 Å². The van der Waals surface area contributed by atoms with Gasteiger partial charge in [0, 0.05) is 38.8 Å². The summed E-state index contributed by atoms with van der Waals surface area (Å²) < 4.78 is 4.88. The first kappa shape index (κ1) is 15.9. The van der Waals surface area contributed by atoms with Crippen LogP contribution in [0.5, 0.6) is 0 Å². The number of piperazine rings is 1. The largest absolute Gasteiger partial charge is 0.340 e. The van der Waals surface area contributed by atoms with Crippen molar-refractivity contribution in [1.29, 1.82) is 5.26 Å². The van der Waals surface area contributed by atoms with E-state index in [2.05, 4.69) is 20.1 Å². The quantitative estimate of drug-likeness (QED) is 0.788. The molecule has 3 heterocycles. The van der Waals surface area contributed by atoms with Gasteiger partial charge in [0.05, 0.1) is 6.42 Å². The van der Waals surface area contributed by atoms with Crippen molar-refractivity contribution in [3.8, 4) is 6.07 Å². The van der Waals surface area contributed by atoms with E-state index in [-0.39, 0.29) is 12.3 Å². The predicted molar refractivity (Wildman–Crippen MR) is 83.0 cm³/mol. The zero-order valence-corrected chi connectivity index (χ0v) is 13.6. The molecular formula is C15H17N7O2. The molecule has 1 amide bonds. The van der Waals surface area contributed by atoms with Crippen LogP contribution in [0.25, 0.3) is 0 Å². The van der Waals surface area contributed by atoms with E-state index in [9.17, 15) is 4.79 Å². The third kappa shape index (κ3) is 3.48. The van der Waals surface area contributed by atoms with E-state index in [0.29, 0.717) is 49.5 Å². The highest BCUT2D eigenvalue weighted by atomic mass is 16.5. The molecule has 0 unspecified atom stereocenters. The van der Waals surface area contributed by atoms with Gasteiger partial charge in [-0.15, -0.1) is 0 Å². The van der Waals surface area contributed by atoms with Gasteiger partial charge in [-0.2, -0.15) is 10.2 Å². The first-order valence-corrected chi connectivity index (χ1v) is 7.63. The van der Waals surface area contributed by atoms with Crippen LogP contribution in [0.1, 0.15) is 23.1 Å². The van der Waals surface area contributed by atoms with E-state index in [4.69, 9.17) is 9.78 Å². The summed E-state index contributed by atoms with van der Waals surface area (Å²) in [4.78, 5) is 28.7. The number of carbonyl (C=O) groups excluding carboxylic acids is 1. The highest BCUT2D eigenvalue weighted by Crippen LogP contribution is 2.13. The second-order valence-corrected chi connectivity index (χ2v) is 5.58. The van der Waals surface area contributed by atoms with Crippen LogP contribution in [0.15, 0.2) is 10.6 Å². The molecule has 1 saturated heterocycles. The summed E-state index contributed by atoms with van der Waals surface area (Å²) in [5.41, 5.74) is 1.10. The maximum atomic E-state index is 12.3. The Labute approximate surface area is 138 Å². The Kier molecular flexibility index (Phi) is 4.37. The molecule has 0 bridgehead atoms. The number of carbonyl (C=O) groups is 1. The average molecular weight is 327 g/mol. The molecule has 0 N–H and O–H groups in total. The van der Waals surface area contributed by atoms with E-state index >= 15 is 0 Å². The lowest BCUT2D eigenvalue weighted by atomic mass is 10.2. The summed E-state index contributed by atoms with van der Waals surface area (Å²) in [6.45, 7) is 5.89. The van der Waals surface area contributed by atoms with Crippen LogP contribution in [0.4, 0.5) is 5.95 Å². The van der Waals surface area contributed by atoms with Gasteiger partial charge in [0.25, 0.3) is 0 Å². The minimum absolute atomic E-state index is 0.0293. The van der Waals surface area contributed by atoms with Crippen LogP contribution in [0.3, 0.4) is 0 Å². The van der Waals surface area contributed by atoms with E-state index in [1.807, 2.05) is 17.9 Å². The minimum atomic E-state index is -0.0293. The third-order valence-corrected chi connectivity index (χ3v) is 3.75. The number of hydrogen-bond acceptors (Lipinski definition) is 8. The Morgan fingerprint density at radius 1 is 1.25 bits per heavy atom. The van der Waals surface area contributed by atoms with Gasteiger partial charge in [-0.05, 0) is 13.0 Å². The molecule has 3 rings (SSSR count). The molecule has 9 heteroatoms. The molecular weight excluding hydrogens is 310 g/mol.